The molecule has 0 atom stereocenters. The molecule has 0 saturated heterocycles. The van der Waals surface area contributed by atoms with Crippen molar-refractivity contribution in [3.8, 4) is 5.75 Å². The lowest BCUT2D eigenvalue weighted by Crippen LogP contribution is -2.06. The molecule has 0 bridgehead atoms. The molecule has 120 valence electrons. The maximum Gasteiger partial charge on any atom is 0.363 e. The second-order valence-electron chi connectivity index (χ2n) is 5.34. The number of aliphatic imine (C=N–C) groups is 1. The van der Waals surface area contributed by atoms with E-state index < -0.39 is 5.97 Å². The molecule has 0 saturated carbocycles. The summed E-state index contributed by atoms with van der Waals surface area (Å²) in [6, 6.07) is 17.2. The zero-order valence-electron chi connectivity index (χ0n) is 13.5. The number of para-hydroxylation sites is 1. The van der Waals surface area contributed by atoms with Crippen LogP contribution in [0.15, 0.2) is 76.9 Å². The van der Waals surface area contributed by atoms with Gasteiger partial charge in [0.2, 0.25) is 5.90 Å². The average Bonchev–Trinajstić information content (AvgIpc) is 2.96. The number of cyclic esters (lactones) is 1. The summed E-state index contributed by atoms with van der Waals surface area (Å²) in [5.41, 5.74) is 2.91. The molecule has 1 aliphatic heterocycles. The van der Waals surface area contributed by atoms with Crippen molar-refractivity contribution in [1.82, 2.24) is 0 Å². The number of ether oxygens (including phenoxy) is 2. The van der Waals surface area contributed by atoms with Gasteiger partial charge in [-0.25, -0.2) is 9.79 Å². The number of carbonyl (C=O) groups is 1. The topological polar surface area (TPSA) is 47.9 Å². The predicted molar refractivity (Wildman–Crippen MR) is 93.8 cm³/mol. The fraction of sp³-hybridized carbons (Fsp3) is 0.100. The number of hydrogen-bond donors (Lipinski definition) is 0. The number of allylic oxidation sites excluding steroid dienone is 2. The van der Waals surface area contributed by atoms with Crippen molar-refractivity contribution in [3.63, 3.8) is 0 Å². The molecule has 2 aromatic rings. The van der Waals surface area contributed by atoms with Gasteiger partial charge in [-0.2, -0.15) is 0 Å². The first-order valence-electron chi connectivity index (χ1n) is 7.56. The van der Waals surface area contributed by atoms with Gasteiger partial charge in [-0.05, 0) is 36.3 Å². The highest BCUT2D eigenvalue weighted by Gasteiger charge is 2.25. The minimum absolute atomic E-state index is 0.260. The summed E-state index contributed by atoms with van der Waals surface area (Å²) in [4.78, 5) is 16.4. The third-order valence-electron chi connectivity index (χ3n) is 3.52. The molecule has 0 radical (unpaired) electrons. The normalized spacial score (nSPS) is 16.1. The van der Waals surface area contributed by atoms with Crippen LogP contribution >= 0.6 is 0 Å². The Morgan fingerprint density at radius 2 is 1.79 bits per heavy atom. The largest absolute Gasteiger partial charge is 0.496 e. The molecule has 24 heavy (non-hydrogen) atoms. The molecule has 0 N–H and O–H groups in total. The molecule has 0 amide bonds. The van der Waals surface area contributed by atoms with Crippen molar-refractivity contribution < 1.29 is 14.3 Å². The van der Waals surface area contributed by atoms with Gasteiger partial charge in [-0.3, -0.25) is 0 Å². The number of nitrogens with zero attached hydrogens (tertiary/aromatic N) is 1. The first kappa shape index (κ1) is 15.7. The summed E-state index contributed by atoms with van der Waals surface area (Å²) in [5.74, 6) is 0.412. The van der Waals surface area contributed by atoms with Crippen LogP contribution in [-0.2, 0) is 9.53 Å². The maximum atomic E-state index is 12.1. The van der Waals surface area contributed by atoms with Gasteiger partial charge in [0.05, 0.1) is 12.7 Å². The molecule has 1 aliphatic rings. The van der Waals surface area contributed by atoms with E-state index in [4.69, 9.17) is 9.47 Å². The summed E-state index contributed by atoms with van der Waals surface area (Å²) < 4.78 is 10.6. The molecule has 4 heteroatoms. The lowest BCUT2D eigenvalue weighted by molar-refractivity contribution is -0.130. The molecule has 2 aromatic carbocycles. The summed E-state index contributed by atoms with van der Waals surface area (Å²) in [7, 11) is 1.57. The van der Waals surface area contributed by atoms with Crippen LogP contribution in [0.4, 0.5) is 0 Å². The fourth-order valence-corrected chi connectivity index (χ4v) is 2.42. The van der Waals surface area contributed by atoms with E-state index in [1.54, 1.807) is 25.3 Å². The lowest BCUT2D eigenvalue weighted by Gasteiger charge is -2.05. The Morgan fingerprint density at radius 3 is 2.54 bits per heavy atom. The van der Waals surface area contributed by atoms with Gasteiger partial charge in [0.15, 0.2) is 5.70 Å². The van der Waals surface area contributed by atoms with Crippen LogP contribution in [0.3, 0.4) is 0 Å². The Morgan fingerprint density at radius 1 is 1.08 bits per heavy atom. The predicted octanol–water partition coefficient (Wildman–Crippen LogP) is 3.99. The zero-order valence-corrected chi connectivity index (χ0v) is 13.5. The van der Waals surface area contributed by atoms with Gasteiger partial charge in [-0.15, -0.1) is 0 Å². The Labute approximate surface area is 140 Å². The van der Waals surface area contributed by atoms with Crippen molar-refractivity contribution in [2.45, 2.75) is 6.92 Å². The number of hydrogen-bond acceptors (Lipinski definition) is 4. The summed E-state index contributed by atoms with van der Waals surface area (Å²) in [5, 5.41) is 0. The quantitative estimate of drug-likeness (QED) is 0.632. The van der Waals surface area contributed by atoms with Gasteiger partial charge in [0, 0.05) is 0 Å². The Balaban J connectivity index is 1.90. The number of rotatable bonds is 4. The second kappa shape index (κ2) is 6.96. The van der Waals surface area contributed by atoms with E-state index in [9.17, 15) is 4.79 Å². The summed E-state index contributed by atoms with van der Waals surface area (Å²) in [6.45, 7) is 1.92. The van der Waals surface area contributed by atoms with Gasteiger partial charge in [0.25, 0.3) is 0 Å². The van der Waals surface area contributed by atoms with E-state index in [-0.39, 0.29) is 11.6 Å². The van der Waals surface area contributed by atoms with Crippen LogP contribution in [0.5, 0.6) is 5.75 Å². The summed E-state index contributed by atoms with van der Waals surface area (Å²) in [6.07, 6.45) is 3.70. The van der Waals surface area contributed by atoms with Crippen molar-refractivity contribution in [2.75, 3.05) is 7.11 Å². The number of carbonyl (C=O) groups excluding carboxylic acids is 1. The third-order valence-corrected chi connectivity index (χ3v) is 3.52. The number of methoxy groups -OCH3 is 1. The Bertz CT molecular complexity index is 848. The molecular formula is C20H17NO3. The van der Waals surface area contributed by atoms with E-state index in [2.05, 4.69) is 4.99 Å². The van der Waals surface area contributed by atoms with E-state index in [0.29, 0.717) is 11.3 Å². The average molecular weight is 319 g/mol. The van der Waals surface area contributed by atoms with Gasteiger partial charge in [-0.1, -0.05) is 48.5 Å². The fourth-order valence-electron chi connectivity index (χ4n) is 2.42. The van der Waals surface area contributed by atoms with E-state index in [1.165, 1.54) is 0 Å². The molecule has 3 rings (SSSR count). The summed E-state index contributed by atoms with van der Waals surface area (Å²) >= 11 is 0. The van der Waals surface area contributed by atoms with E-state index in [1.807, 2.05) is 55.5 Å². The van der Waals surface area contributed by atoms with Crippen LogP contribution in [0.2, 0.25) is 0 Å². The van der Waals surface area contributed by atoms with Crippen molar-refractivity contribution in [3.05, 3.63) is 83.1 Å². The van der Waals surface area contributed by atoms with Crippen molar-refractivity contribution in [1.29, 1.82) is 0 Å². The zero-order chi connectivity index (χ0) is 16.9. The molecule has 0 spiro atoms. The van der Waals surface area contributed by atoms with Crippen LogP contribution < -0.4 is 4.74 Å². The smallest absolute Gasteiger partial charge is 0.363 e. The molecule has 1 heterocycles. The Hall–Kier alpha value is -3.14. The highest BCUT2D eigenvalue weighted by atomic mass is 16.6. The van der Waals surface area contributed by atoms with Crippen molar-refractivity contribution >= 4 is 17.9 Å². The monoisotopic (exact) mass is 319 g/mol. The van der Waals surface area contributed by atoms with Crippen LogP contribution in [0.1, 0.15) is 18.1 Å². The second-order valence-corrected chi connectivity index (χ2v) is 5.34. The number of esters is 1. The third kappa shape index (κ3) is 3.43. The van der Waals surface area contributed by atoms with E-state index >= 15 is 0 Å². The van der Waals surface area contributed by atoms with Gasteiger partial charge >= 0.3 is 5.97 Å². The van der Waals surface area contributed by atoms with Crippen LogP contribution in [0.25, 0.3) is 6.08 Å². The molecular weight excluding hydrogens is 302 g/mol. The molecule has 0 aromatic heterocycles. The lowest BCUT2D eigenvalue weighted by atomic mass is 10.1. The van der Waals surface area contributed by atoms with Gasteiger partial charge < -0.3 is 9.47 Å². The standard InChI is InChI=1S/C20H17NO3/c1-14(12-15-8-4-3-5-9-15)13-17-20(22)24-19(21-17)16-10-6-7-11-18(16)23-2/h3-13H,1-2H3. The number of benzene rings is 2. The highest BCUT2D eigenvalue weighted by molar-refractivity contribution is 6.12. The minimum atomic E-state index is -0.461. The first-order chi connectivity index (χ1) is 11.7. The SMILES string of the molecule is COc1ccccc1C1=NC(=CC(C)=Cc2ccccc2)C(=O)O1. The van der Waals surface area contributed by atoms with Gasteiger partial charge in [0.1, 0.15) is 5.75 Å². The molecule has 0 aliphatic carbocycles. The van der Waals surface area contributed by atoms with Crippen molar-refractivity contribution in [2.24, 2.45) is 4.99 Å². The minimum Gasteiger partial charge on any atom is -0.496 e. The van der Waals surface area contributed by atoms with Crippen LogP contribution in [-0.4, -0.2) is 19.0 Å². The van der Waals surface area contributed by atoms with Crippen LogP contribution in [0, 0.1) is 0 Å². The maximum absolute atomic E-state index is 12.1. The molecule has 4 nitrogen and oxygen atoms in total. The highest BCUT2D eigenvalue weighted by Crippen LogP contribution is 2.24. The first-order valence-corrected chi connectivity index (χ1v) is 7.56. The Kier molecular flexibility index (Phi) is 4.57. The molecule has 0 fully saturated rings. The van der Waals surface area contributed by atoms with E-state index in [0.717, 1.165) is 11.1 Å². The molecule has 0 unspecified atom stereocenters.